The molecule has 4 nitrogen and oxygen atoms in total. The lowest BCUT2D eigenvalue weighted by Crippen LogP contribution is -2.06. The predicted molar refractivity (Wildman–Crippen MR) is 63.5 cm³/mol. The first-order valence-electron chi connectivity index (χ1n) is 5.29. The fourth-order valence-corrected chi connectivity index (χ4v) is 1.51. The Kier molecular flexibility index (Phi) is 3.32. The van der Waals surface area contributed by atoms with Gasteiger partial charge in [-0.3, -0.25) is 0 Å². The van der Waals surface area contributed by atoms with Crippen molar-refractivity contribution in [2.75, 3.05) is 7.11 Å². The van der Waals surface area contributed by atoms with Crippen molar-refractivity contribution in [1.29, 1.82) is 0 Å². The van der Waals surface area contributed by atoms with Crippen LogP contribution in [-0.2, 0) is 4.74 Å². The number of esters is 1. The number of rotatable bonds is 2. The van der Waals surface area contributed by atoms with Crippen molar-refractivity contribution in [2.24, 2.45) is 0 Å². The number of carbonyl (C=O) groups is 1. The van der Waals surface area contributed by atoms with Crippen LogP contribution in [0.5, 0.6) is 0 Å². The van der Waals surface area contributed by atoms with E-state index >= 15 is 0 Å². The summed E-state index contributed by atoms with van der Waals surface area (Å²) in [6.45, 7) is 1.79. The summed E-state index contributed by atoms with van der Waals surface area (Å²) >= 11 is 0. The summed E-state index contributed by atoms with van der Waals surface area (Å²) in [7, 11) is 1.26. The van der Waals surface area contributed by atoms with E-state index in [9.17, 15) is 9.18 Å². The number of carbonyl (C=O) groups excluding carboxylic acids is 1. The molecule has 2 rings (SSSR count). The first kappa shape index (κ1) is 12.2. The monoisotopic (exact) mass is 246 g/mol. The van der Waals surface area contributed by atoms with E-state index in [0.717, 1.165) is 5.56 Å². The third kappa shape index (κ3) is 2.34. The van der Waals surface area contributed by atoms with Gasteiger partial charge in [0, 0.05) is 6.20 Å². The molecule has 0 fully saturated rings. The summed E-state index contributed by atoms with van der Waals surface area (Å²) in [5, 5.41) is 0. The molecule has 0 saturated heterocycles. The molecule has 0 atom stereocenters. The molecular formula is C13H11FN2O2. The number of aromatic nitrogens is 2. The number of ether oxygens (including phenoxy) is 1. The molecule has 0 N–H and O–H groups in total. The van der Waals surface area contributed by atoms with E-state index in [1.807, 2.05) is 0 Å². The molecule has 0 aliphatic carbocycles. The van der Waals surface area contributed by atoms with Gasteiger partial charge in [0.25, 0.3) is 0 Å². The minimum absolute atomic E-state index is 0.0995. The Morgan fingerprint density at radius 3 is 2.78 bits per heavy atom. The Bertz CT molecular complexity index is 599. The van der Waals surface area contributed by atoms with Crippen LogP contribution in [0.3, 0.4) is 0 Å². The first-order chi connectivity index (χ1) is 8.61. The van der Waals surface area contributed by atoms with Gasteiger partial charge in [-0.1, -0.05) is 6.07 Å². The largest absolute Gasteiger partial charge is 0.464 e. The van der Waals surface area contributed by atoms with Crippen LogP contribution >= 0.6 is 0 Å². The number of hydrogen-bond acceptors (Lipinski definition) is 4. The van der Waals surface area contributed by atoms with Gasteiger partial charge < -0.3 is 4.74 Å². The summed E-state index contributed by atoms with van der Waals surface area (Å²) in [6, 6.07) is 6.15. The van der Waals surface area contributed by atoms with Gasteiger partial charge in [0.1, 0.15) is 5.82 Å². The molecule has 1 aromatic carbocycles. The van der Waals surface area contributed by atoms with Gasteiger partial charge in [-0.25, -0.2) is 19.2 Å². The van der Waals surface area contributed by atoms with E-state index in [0.29, 0.717) is 0 Å². The molecular weight excluding hydrogens is 235 g/mol. The Morgan fingerprint density at radius 2 is 2.11 bits per heavy atom. The van der Waals surface area contributed by atoms with Gasteiger partial charge in [-0.2, -0.15) is 0 Å². The van der Waals surface area contributed by atoms with Gasteiger partial charge >= 0.3 is 5.97 Å². The maximum absolute atomic E-state index is 13.8. The second-order valence-electron chi connectivity index (χ2n) is 3.74. The predicted octanol–water partition coefficient (Wildman–Crippen LogP) is 2.38. The third-order valence-electron chi connectivity index (χ3n) is 2.42. The van der Waals surface area contributed by atoms with Crippen molar-refractivity contribution in [2.45, 2.75) is 6.92 Å². The Labute approximate surface area is 103 Å². The molecule has 0 aliphatic rings. The lowest BCUT2D eigenvalue weighted by molar-refractivity contribution is 0.0594. The molecule has 0 radical (unpaired) electrons. The molecule has 5 heteroatoms. The van der Waals surface area contributed by atoms with Crippen molar-refractivity contribution in [3.8, 4) is 11.4 Å². The quantitative estimate of drug-likeness (QED) is 0.763. The summed E-state index contributed by atoms with van der Waals surface area (Å²) in [5.74, 6) is -0.835. The lowest BCUT2D eigenvalue weighted by atomic mass is 10.1. The molecule has 92 valence electrons. The molecule has 0 amide bonds. The first-order valence-corrected chi connectivity index (χ1v) is 5.29. The van der Waals surface area contributed by atoms with Crippen LogP contribution in [0.4, 0.5) is 4.39 Å². The van der Waals surface area contributed by atoms with Gasteiger partial charge in [0.05, 0.1) is 12.7 Å². The van der Waals surface area contributed by atoms with Crippen molar-refractivity contribution in [3.05, 3.63) is 47.5 Å². The fraction of sp³-hybridized carbons (Fsp3) is 0.154. The smallest absolute Gasteiger partial charge is 0.356 e. The van der Waals surface area contributed by atoms with Crippen molar-refractivity contribution in [1.82, 2.24) is 9.97 Å². The van der Waals surface area contributed by atoms with Crippen molar-refractivity contribution < 1.29 is 13.9 Å². The van der Waals surface area contributed by atoms with E-state index < -0.39 is 11.8 Å². The van der Waals surface area contributed by atoms with Crippen LogP contribution in [0.15, 0.2) is 30.5 Å². The Morgan fingerprint density at radius 1 is 1.33 bits per heavy atom. The highest BCUT2D eigenvalue weighted by molar-refractivity contribution is 5.87. The molecule has 18 heavy (non-hydrogen) atoms. The zero-order chi connectivity index (χ0) is 13.1. The number of hydrogen-bond donors (Lipinski definition) is 0. The molecule has 1 heterocycles. The zero-order valence-electron chi connectivity index (χ0n) is 9.98. The Balaban J connectivity index is 2.48. The molecule has 1 aromatic heterocycles. The topological polar surface area (TPSA) is 52.1 Å². The van der Waals surface area contributed by atoms with Crippen LogP contribution in [0.25, 0.3) is 11.4 Å². The summed E-state index contributed by atoms with van der Waals surface area (Å²) in [4.78, 5) is 19.3. The minimum Gasteiger partial charge on any atom is -0.464 e. The highest BCUT2D eigenvalue weighted by Crippen LogP contribution is 2.20. The SMILES string of the molecule is COC(=O)c1ccnc(-c2ccc(C)cc2F)n1. The van der Waals surface area contributed by atoms with Gasteiger partial charge in [0.2, 0.25) is 0 Å². The lowest BCUT2D eigenvalue weighted by Gasteiger charge is -2.04. The van der Waals surface area contributed by atoms with Gasteiger partial charge in [0.15, 0.2) is 11.5 Å². The molecule has 2 aromatic rings. The van der Waals surface area contributed by atoms with E-state index in [2.05, 4.69) is 14.7 Å². The molecule has 0 bridgehead atoms. The summed E-state index contributed by atoms with van der Waals surface area (Å²) in [5.41, 5.74) is 1.16. The van der Waals surface area contributed by atoms with E-state index in [-0.39, 0.29) is 17.1 Å². The minimum atomic E-state index is -0.578. The second kappa shape index (κ2) is 4.91. The van der Waals surface area contributed by atoms with E-state index in [4.69, 9.17) is 0 Å². The summed E-state index contributed by atoms with van der Waals surface area (Å²) < 4.78 is 18.3. The number of aryl methyl sites for hydroxylation is 1. The third-order valence-corrected chi connectivity index (χ3v) is 2.42. The van der Waals surface area contributed by atoms with E-state index in [1.165, 1.54) is 25.4 Å². The standard InChI is InChI=1S/C13H11FN2O2/c1-8-3-4-9(10(14)7-8)12-15-6-5-11(16-12)13(17)18-2/h3-7H,1-2H3. The van der Waals surface area contributed by atoms with Gasteiger partial charge in [-0.15, -0.1) is 0 Å². The molecule has 0 aliphatic heterocycles. The van der Waals surface area contributed by atoms with E-state index in [1.54, 1.807) is 19.1 Å². The second-order valence-corrected chi connectivity index (χ2v) is 3.74. The van der Waals surface area contributed by atoms with Crippen molar-refractivity contribution in [3.63, 3.8) is 0 Å². The number of halogens is 1. The fourth-order valence-electron chi connectivity index (χ4n) is 1.51. The summed E-state index contributed by atoms with van der Waals surface area (Å²) in [6.07, 6.45) is 1.40. The number of benzene rings is 1. The zero-order valence-corrected chi connectivity index (χ0v) is 9.98. The average molecular weight is 246 g/mol. The highest BCUT2D eigenvalue weighted by Gasteiger charge is 2.12. The number of methoxy groups -OCH3 is 1. The highest BCUT2D eigenvalue weighted by atomic mass is 19.1. The van der Waals surface area contributed by atoms with Gasteiger partial charge in [-0.05, 0) is 30.7 Å². The molecule has 0 spiro atoms. The number of nitrogens with zero attached hydrogens (tertiary/aromatic N) is 2. The molecule has 0 unspecified atom stereocenters. The van der Waals surface area contributed by atoms with Crippen LogP contribution in [0.2, 0.25) is 0 Å². The normalized spacial score (nSPS) is 10.2. The Hall–Kier alpha value is -2.30. The maximum Gasteiger partial charge on any atom is 0.356 e. The maximum atomic E-state index is 13.8. The van der Waals surface area contributed by atoms with Crippen LogP contribution in [0, 0.1) is 12.7 Å². The van der Waals surface area contributed by atoms with Crippen molar-refractivity contribution >= 4 is 5.97 Å². The van der Waals surface area contributed by atoms with Crippen LogP contribution in [0.1, 0.15) is 16.1 Å². The van der Waals surface area contributed by atoms with Crippen LogP contribution in [-0.4, -0.2) is 23.0 Å². The van der Waals surface area contributed by atoms with Crippen LogP contribution < -0.4 is 0 Å². The molecule has 0 saturated carbocycles. The average Bonchev–Trinajstić information content (AvgIpc) is 2.38.